The number of aliphatic hydroxyl groups is 1. The van der Waals surface area contributed by atoms with Crippen LogP contribution in [-0.2, 0) is 17.9 Å². The molecule has 0 aliphatic carbocycles. The van der Waals surface area contributed by atoms with Crippen LogP contribution in [0.25, 0.3) is 11.0 Å². The average molecular weight is 301 g/mol. The number of imidazole rings is 1. The van der Waals surface area contributed by atoms with Crippen LogP contribution < -0.4 is 0 Å². The van der Waals surface area contributed by atoms with Crippen LogP contribution in [0.4, 0.5) is 0 Å². The first-order valence-electron chi connectivity index (χ1n) is 8.12. The molecule has 0 unspecified atom stereocenters. The van der Waals surface area contributed by atoms with E-state index in [1.807, 2.05) is 33.7 Å². The van der Waals surface area contributed by atoms with Crippen molar-refractivity contribution in [2.24, 2.45) is 0 Å². The molecule has 22 heavy (non-hydrogen) atoms. The molecule has 3 rings (SSSR count). The maximum atomic E-state index is 12.4. The number of aliphatic hydroxyl groups excluding tert-OH is 1. The molecule has 0 saturated carbocycles. The van der Waals surface area contributed by atoms with Gasteiger partial charge in [0.1, 0.15) is 12.4 Å². The molecule has 1 aromatic carbocycles. The predicted octanol–water partition coefficient (Wildman–Crippen LogP) is 2.32. The van der Waals surface area contributed by atoms with Gasteiger partial charge in [0, 0.05) is 26.1 Å². The molecule has 0 radical (unpaired) electrons. The number of nitrogens with zero attached hydrogens (tertiary/aromatic N) is 3. The van der Waals surface area contributed by atoms with Gasteiger partial charge in [0.2, 0.25) is 5.91 Å². The summed E-state index contributed by atoms with van der Waals surface area (Å²) in [4.78, 5) is 18.8. The van der Waals surface area contributed by atoms with Gasteiger partial charge < -0.3 is 14.6 Å². The summed E-state index contributed by atoms with van der Waals surface area (Å²) in [5, 5.41) is 9.49. The Labute approximate surface area is 130 Å². The zero-order valence-corrected chi connectivity index (χ0v) is 12.9. The highest BCUT2D eigenvalue weighted by molar-refractivity contribution is 5.78. The normalized spacial score (nSPS) is 16.0. The van der Waals surface area contributed by atoms with Crippen LogP contribution in [0.1, 0.15) is 37.9 Å². The Morgan fingerprint density at radius 1 is 1.14 bits per heavy atom. The summed E-state index contributed by atoms with van der Waals surface area (Å²) in [7, 11) is 0. The first-order chi connectivity index (χ1) is 10.8. The van der Waals surface area contributed by atoms with Gasteiger partial charge >= 0.3 is 0 Å². The summed E-state index contributed by atoms with van der Waals surface area (Å²) in [6.45, 7) is 2.24. The average Bonchev–Trinajstić information content (AvgIpc) is 2.72. The van der Waals surface area contributed by atoms with Crippen LogP contribution >= 0.6 is 0 Å². The highest BCUT2D eigenvalue weighted by Crippen LogP contribution is 2.17. The Bertz CT molecular complexity index is 642. The summed E-state index contributed by atoms with van der Waals surface area (Å²) in [5.41, 5.74) is 1.85. The number of aryl methyl sites for hydroxylation is 1. The Hall–Kier alpha value is -1.88. The number of rotatable bonds is 4. The topological polar surface area (TPSA) is 58.4 Å². The van der Waals surface area contributed by atoms with Gasteiger partial charge in [-0.05, 0) is 25.0 Å². The van der Waals surface area contributed by atoms with Crippen molar-refractivity contribution in [2.75, 3.05) is 13.1 Å². The van der Waals surface area contributed by atoms with Crippen LogP contribution in [0.15, 0.2) is 24.3 Å². The molecular formula is C17H23N3O2. The zero-order valence-electron chi connectivity index (χ0n) is 12.9. The van der Waals surface area contributed by atoms with E-state index in [1.54, 1.807) is 0 Å². The number of aromatic nitrogens is 2. The summed E-state index contributed by atoms with van der Waals surface area (Å²) in [6, 6.07) is 7.81. The second-order valence-corrected chi connectivity index (χ2v) is 5.87. The van der Waals surface area contributed by atoms with Crippen molar-refractivity contribution in [1.29, 1.82) is 0 Å². The predicted molar refractivity (Wildman–Crippen MR) is 85.3 cm³/mol. The number of hydrogen-bond donors (Lipinski definition) is 1. The van der Waals surface area contributed by atoms with Gasteiger partial charge in [-0.2, -0.15) is 0 Å². The van der Waals surface area contributed by atoms with E-state index in [-0.39, 0.29) is 12.5 Å². The van der Waals surface area contributed by atoms with E-state index >= 15 is 0 Å². The molecule has 0 atom stereocenters. The molecule has 5 heteroatoms. The molecule has 1 aliphatic heterocycles. The van der Waals surface area contributed by atoms with Crippen LogP contribution in [0.5, 0.6) is 0 Å². The maximum Gasteiger partial charge on any atom is 0.224 e. The quantitative estimate of drug-likeness (QED) is 0.943. The van der Waals surface area contributed by atoms with Gasteiger partial charge in [-0.25, -0.2) is 4.98 Å². The number of likely N-dealkylation sites (tertiary alicyclic amines) is 1. The van der Waals surface area contributed by atoms with E-state index in [2.05, 4.69) is 4.98 Å². The molecule has 1 aliphatic rings. The van der Waals surface area contributed by atoms with E-state index in [0.717, 1.165) is 37.0 Å². The lowest BCUT2D eigenvalue weighted by Gasteiger charge is -2.20. The SMILES string of the molecule is O=C(CCn1c(CO)nc2ccccc21)N1CCCCCC1. The molecule has 1 N–H and O–H groups in total. The first-order valence-corrected chi connectivity index (χ1v) is 8.12. The Morgan fingerprint density at radius 3 is 2.59 bits per heavy atom. The number of carbonyl (C=O) groups excluding carboxylic acids is 1. The minimum Gasteiger partial charge on any atom is -0.388 e. The highest BCUT2D eigenvalue weighted by atomic mass is 16.3. The minimum absolute atomic E-state index is 0.105. The fourth-order valence-electron chi connectivity index (χ4n) is 3.18. The Morgan fingerprint density at radius 2 is 1.86 bits per heavy atom. The molecule has 1 amide bonds. The summed E-state index contributed by atoms with van der Waals surface area (Å²) < 4.78 is 1.96. The highest BCUT2D eigenvalue weighted by Gasteiger charge is 2.17. The van der Waals surface area contributed by atoms with E-state index in [9.17, 15) is 9.90 Å². The van der Waals surface area contributed by atoms with Crippen molar-refractivity contribution in [3.05, 3.63) is 30.1 Å². The minimum atomic E-state index is -0.105. The number of para-hydroxylation sites is 2. The van der Waals surface area contributed by atoms with Gasteiger partial charge in [-0.3, -0.25) is 4.79 Å². The summed E-state index contributed by atoms with van der Waals surface area (Å²) >= 11 is 0. The molecule has 0 spiro atoms. The van der Waals surface area contributed by atoms with Gasteiger partial charge in [-0.15, -0.1) is 0 Å². The van der Waals surface area contributed by atoms with E-state index < -0.39 is 0 Å². The number of carbonyl (C=O) groups is 1. The molecule has 2 heterocycles. The third-order valence-corrected chi connectivity index (χ3v) is 4.38. The second kappa shape index (κ2) is 6.92. The van der Waals surface area contributed by atoms with Crippen molar-refractivity contribution >= 4 is 16.9 Å². The lowest BCUT2D eigenvalue weighted by atomic mass is 10.2. The van der Waals surface area contributed by atoms with Crippen LogP contribution in [0.2, 0.25) is 0 Å². The summed E-state index contributed by atoms with van der Waals surface area (Å²) in [6.07, 6.45) is 5.14. The second-order valence-electron chi connectivity index (χ2n) is 5.87. The lowest BCUT2D eigenvalue weighted by molar-refractivity contribution is -0.131. The van der Waals surface area contributed by atoms with Gasteiger partial charge in [0.25, 0.3) is 0 Å². The number of hydrogen-bond acceptors (Lipinski definition) is 3. The smallest absolute Gasteiger partial charge is 0.224 e. The molecule has 5 nitrogen and oxygen atoms in total. The number of benzene rings is 1. The van der Waals surface area contributed by atoms with Crippen molar-refractivity contribution in [3.63, 3.8) is 0 Å². The lowest BCUT2D eigenvalue weighted by Crippen LogP contribution is -2.32. The molecule has 0 bridgehead atoms. The Kier molecular flexibility index (Phi) is 4.73. The standard InChI is InChI=1S/C17H23N3O2/c21-13-16-18-14-7-3-4-8-15(14)20(16)12-9-17(22)19-10-5-1-2-6-11-19/h3-4,7-8,21H,1-2,5-6,9-13H2. The zero-order chi connectivity index (χ0) is 15.4. The van der Waals surface area contributed by atoms with Crippen molar-refractivity contribution in [1.82, 2.24) is 14.5 Å². The van der Waals surface area contributed by atoms with Crippen LogP contribution in [0.3, 0.4) is 0 Å². The third-order valence-electron chi connectivity index (χ3n) is 4.38. The van der Waals surface area contributed by atoms with Gasteiger partial charge in [0.05, 0.1) is 11.0 Å². The van der Waals surface area contributed by atoms with Crippen LogP contribution in [0, 0.1) is 0 Å². The van der Waals surface area contributed by atoms with E-state index in [1.165, 1.54) is 12.8 Å². The van der Waals surface area contributed by atoms with Gasteiger partial charge in [0.15, 0.2) is 0 Å². The molecule has 2 aromatic rings. The number of fused-ring (bicyclic) bond motifs is 1. The van der Waals surface area contributed by atoms with Crippen molar-refractivity contribution in [3.8, 4) is 0 Å². The molecule has 1 fully saturated rings. The maximum absolute atomic E-state index is 12.4. The summed E-state index contributed by atoms with van der Waals surface area (Å²) in [5.74, 6) is 0.841. The Balaban J connectivity index is 1.71. The monoisotopic (exact) mass is 301 g/mol. The van der Waals surface area contributed by atoms with Crippen molar-refractivity contribution in [2.45, 2.75) is 45.3 Å². The largest absolute Gasteiger partial charge is 0.388 e. The van der Waals surface area contributed by atoms with E-state index in [4.69, 9.17) is 0 Å². The van der Waals surface area contributed by atoms with Crippen molar-refractivity contribution < 1.29 is 9.90 Å². The number of amides is 1. The van der Waals surface area contributed by atoms with E-state index in [0.29, 0.717) is 18.8 Å². The van der Waals surface area contributed by atoms with Crippen LogP contribution in [-0.4, -0.2) is 38.6 Å². The molecule has 118 valence electrons. The third kappa shape index (κ3) is 3.14. The molecular weight excluding hydrogens is 278 g/mol. The molecule has 1 saturated heterocycles. The first kappa shape index (κ1) is 15.0. The fourth-order valence-corrected chi connectivity index (χ4v) is 3.18. The van der Waals surface area contributed by atoms with Gasteiger partial charge in [-0.1, -0.05) is 25.0 Å². The fraction of sp³-hybridized carbons (Fsp3) is 0.529. The molecule has 1 aromatic heterocycles.